The van der Waals surface area contributed by atoms with Gasteiger partial charge in [0.2, 0.25) is 5.91 Å². The number of anilines is 2. The maximum absolute atomic E-state index is 12.3. The van der Waals surface area contributed by atoms with E-state index in [4.69, 9.17) is 4.74 Å². The average molecular weight is 283 g/mol. The van der Waals surface area contributed by atoms with E-state index in [-0.39, 0.29) is 5.91 Å². The summed E-state index contributed by atoms with van der Waals surface area (Å²) in [6.45, 7) is 1.79. The Morgan fingerprint density at radius 1 is 1.00 bits per heavy atom. The highest BCUT2D eigenvalue weighted by Crippen LogP contribution is 2.29. The van der Waals surface area contributed by atoms with E-state index in [1.54, 1.807) is 36.1 Å². The highest BCUT2D eigenvalue weighted by atomic mass is 16.5. The van der Waals surface area contributed by atoms with Crippen LogP contribution in [0.1, 0.15) is 23.7 Å². The van der Waals surface area contributed by atoms with Crippen molar-refractivity contribution in [2.24, 2.45) is 0 Å². The number of hydrogen-bond donors (Lipinski definition) is 0. The summed E-state index contributed by atoms with van der Waals surface area (Å²) < 4.78 is 4.80. The molecule has 0 saturated carbocycles. The van der Waals surface area contributed by atoms with Crippen LogP contribution in [0.5, 0.6) is 0 Å². The number of rotatable bonds is 4. The summed E-state index contributed by atoms with van der Waals surface area (Å²) in [5, 5.41) is 0. The number of carbonyl (C=O) groups excluding carboxylic acids is 2. The summed E-state index contributed by atoms with van der Waals surface area (Å²) >= 11 is 0. The number of esters is 1. The van der Waals surface area contributed by atoms with Crippen LogP contribution in [0.4, 0.5) is 11.4 Å². The maximum atomic E-state index is 12.3. The molecule has 4 heteroatoms. The van der Waals surface area contributed by atoms with E-state index in [1.165, 1.54) is 7.11 Å². The summed E-state index contributed by atoms with van der Waals surface area (Å²) in [6, 6.07) is 16.2. The van der Waals surface area contributed by atoms with Crippen LogP contribution in [0.2, 0.25) is 0 Å². The Morgan fingerprint density at radius 2 is 1.62 bits per heavy atom. The topological polar surface area (TPSA) is 46.6 Å². The molecule has 2 aromatic rings. The number of nitrogens with zero attached hydrogens (tertiary/aromatic N) is 1. The first-order valence-corrected chi connectivity index (χ1v) is 6.74. The lowest BCUT2D eigenvalue weighted by Crippen LogP contribution is -2.26. The molecular formula is C17H17NO3. The zero-order chi connectivity index (χ0) is 15.2. The highest BCUT2D eigenvalue weighted by Gasteiger charge is 2.22. The standard InChI is InChI=1S/C17H17NO3/c1-3-16(19)18(13-9-5-4-6-10-13)15-12-8-7-11-14(15)17(20)21-2/h4-12H,3H2,1-2H3. The number of para-hydroxylation sites is 2. The Bertz CT molecular complexity index is 637. The van der Waals surface area contributed by atoms with Crippen LogP contribution in [0.25, 0.3) is 0 Å². The first kappa shape index (κ1) is 14.8. The molecular weight excluding hydrogens is 266 g/mol. The SMILES string of the molecule is CCC(=O)N(c1ccccc1)c1ccccc1C(=O)OC. The van der Waals surface area contributed by atoms with Gasteiger partial charge in [0.1, 0.15) is 0 Å². The highest BCUT2D eigenvalue weighted by molar-refractivity contribution is 6.06. The molecule has 2 aromatic carbocycles. The molecule has 0 bridgehead atoms. The van der Waals surface area contributed by atoms with Gasteiger partial charge in [-0.15, -0.1) is 0 Å². The van der Waals surface area contributed by atoms with E-state index in [2.05, 4.69) is 0 Å². The van der Waals surface area contributed by atoms with Crippen molar-refractivity contribution in [2.45, 2.75) is 13.3 Å². The van der Waals surface area contributed by atoms with Crippen molar-refractivity contribution in [3.63, 3.8) is 0 Å². The molecule has 0 atom stereocenters. The van der Waals surface area contributed by atoms with Crippen LogP contribution >= 0.6 is 0 Å². The molecule has 0 aromatic heterocycles. The number of amides is 1. The van der Waals surface area contributed by atoms with Crippen molar-refractivity contribution in [1.82, 2.24) is 0 Å². The molecule has 0 radical (unpaired) electrons. The Hall–Kier alpha value is -2.62. The fraction of sp³-hybridized carbons (Fsp3) is 0.176. The van der Waals surface area contributed by atoms with Gasteiger partial charge >= 0.3 is 5.97 Å². The van der Waals surface area contributed by atoms with Crippen LogP contribution in [0.3, 0.4) is 0 Å². The van der Waals surface area contributed by atoms with E-state index >= 15 is 0 Å². The zero-order valence-corrected chi connectivity index (χ0v) is 12.1. The molecule has 21 heavy (non-hydrogen) atoms. The molecule has 108 valence electrons. The largest absolute Gasteiger partial charge is 0.465 e. The Labute approximate surface area is 124 Å². The fourth-order valence-electron chi connectivity index (χ4n) is 2.10. The number of benzene rings is 2. The van der Waals surface area contributed by atoms with Gasteiger partial charge in [-0.1, -0.05) is 37.3 Å². The normalized spacial score (nSPS) is 10.0. The molecule has 0 unspecified atom stereocenters. The third-order valence-corrected chi connectivity index (χ3v) is 3.12. The monoisotopic (exact) mass is 283 g/mol. The lowest BCUT2D eigenvalue weighted by Gasteiger charge is -2.24. The molecule has 0 fully saturated rings. The van der Waals surface area contributed by atoms with Gasteiger partial charge < -0.3 is 4.74 Å². The average Bonchev–Trinajstić information content (AvgIpc) is 2.55. The molecule has 0 aliphatic rings. The molecule has 0 saturated heterocycles. The van der Waals surface area contributed by atoms with Crippen molar-refractivity contribution in [3.8, 4) is 0 Å². The molecule has 0 aliphatic heterocycles. The number of ether oxygens (including phenoxy) is 1. The second kappa shape index (κ2) is 6.70. The first-order valence-electron chi connectivity index (χ1n) is 6.74. The zero-order valence-electron chi connectivity index (χ0n) is 12.1. The predicted octanol–water partition coefficient (Wildman–Crippen LogP) is 3.55. The summed E-state index contributed by atoms with van der Waals surface area (Å²) in [6.07, 6.45) is 0.338. The van der Waals surface area contributed by atoms with Crippen LogP contribution in [-0.4, -0.2) is 19.0 Å². The molecule has 0 spiro atoms. The minimum absolute atomic E-state index is 0.0856. The van der Waals surface area contributed by atoms with Crippen molar-refractivity contribution in [3.05, 3.63) is 60.2 Å². The minimum Gasteiger partial charge on any atom is -0.465 e. The van der Waals surface area contributed by atoms with E-state index in [9.17, 15) is 9.59 Å². The third-order valence-electron chi connectivity index (χ3n) is 3.12. The first-order chi connectivity index (χ1) is 10.2. The van der Waals surface area contributed by atoms with Crippen LogP contribution in [0, 0.1) is 0 Å². The van der Waals surface area contributed by atoms with Gasteiger partial charge in [-0.25, -0.2) is 4.79 Å². The van der Waals surface area contributed by atoms with Gasteiger partial charge in [-0.05, 0) is 24.3 Å². The second-order valence-corrected chi connectivity index (χ2v) is 4.43. The quantitative estimate of drug-likeness (QED) is 0.806. The molecule has 0 aliphatic carbocycles. The summed E-state index contributed by atoms with van der Waals surface area (Å²) in [4.78, 5) is 25.8. The lowest BCUT2D eigenvalue weighted by molar-refractivity contribution is -0.117. The van der Waals surface area contributed by atoms with Crippen LogP contribution < -0.4 is 4.90 Å². The van der Waals surface area contributed by atoms with Crippen molar-refractivity contribution in [2.75, 3.05) is 12.0 Å². The third kappa shape index (κ3) is 3.11. The number of methoxy groups -OCH3 is 1. The smallest absolute Gasteiger partial charge is 0.339 e. The van der Waals surface area contributed by atoms with E-state index in [1.807, 2.05) is 30.3 Å². The van der Waals surface area contributed by atoms with Gasteiger partial charge in [-0.3, -0.25) is 9.69 Å². The molecule has 2 rings (SSSR count). The van der Waals surface area contributed by atoms with Crippen molar-refractivity contribution < 1.29 is 14.3 Å². The van der Waals surface area contributed by atoms with Gasteiger partial charge in [0.25, 0.3) is 0 Å². The minimum atomic E-state index is -0.463. The van der Waals surface area contributed by atoms with Crippen LogP contribution in [-0.2, 0) is 9.53 Å². The molecule has 0 N–H and O–H groups in total. The summed E-state index contributed by atoms with van der Waals surface area (Å²) in [7, 11) is 1.33. The number of carbonyl (C=O) groups is 2. The van der Waals surface area contributed by atoms with Crippen molar-refractivity contribution >= 4 is 23.3 Å². The molecule has 0 heterocycles. The van der Waals surface area contributed by atoms with Gasteiger partial charge in [-0.2, -0.15) is 0 Å². The summed E-state index contributed by atoms with van der Waals surface area (Å²) in [5.41, 5.74) is 1.62. The van der Waals surface area contributed by atoms with E-state index in [0.717, 1.165) is 5.69 Å². The van der Waals surface area contributed by atoms with E-state index in [0.29, 0.717) is 17.7 Å². The Balaban J connectivity index is 2.58. The lowest BCUT2D eigenvalue weighted by atomic mass is 10.1. The van der Waals surface area contributed by atoms with Gasteiger partial charge in [0, 0.05) is 12.1 Å². The Kier molecular flexibility index (Phi) is 4.72. The molecule has 1 amide bonds. The van der Waals surface area contributed by atoms with Gasteiger partial charge in [0.05, 0.1) is 18.4 Å². The van der Waals surface area contributed by atoms with E-state index < -0.39 is 5.97 Å². The maximum Gasteiger partial charge on any atom is 0.339 e. The second-order valence-electron chi connectivity index (χ2n) is 4.43. The number of hydrogen-bond acceptors (Lipinski definition) is 3. The summed E-state index contributed by atoms with van der Waals surface area (Å²) in [5.74, 6) is -0.548. The fourth-order valence-corrected chi connectivity index (χ4v) is 2.10. The van der Waals surface area contributed by atoms with Crippen molar-refractivity contribution in [1.29, 1.82) is 0 Å². The van der Waals surface area contributed by atoms with Gasteiger partial charge in [0.15, 0.2) is 0 Å². The van der Waals surface area contributed by atoms with Crippen LogP contribution in [0.15, 0.2) is 54.6 Å². The predicted molar refractivity (Wildman–Crippen MR) is 81.7 cm³/mol. The Morgan fingerprint density at radius 3 is 2.24 bits per heavy atom. The molecule has 4 nitrogen and oxygen atoms in total.